The van der Waals surface area contributed by atoms with E-state index in [1.54, 1.807) is 0 Å². The van der Waals surface area contributed by atoms with Crippen molar-refractivity contribution in [1.82, 2.24) is 4.31 Å². The lowest BCUT2D eigenvalue weighted by Crippen LogP contribution is -2.35. The SMILES string of the molecule is COc1ccc(S(=O)(=O)N2CCCCC2)cc1NC(=O)COC(=O)c1ccc(F)cc1. The van der Waals surface area contributed by atoms with Gasteiger partial charge < -0.3 is 14.8 Å². The second-order valence-corrected chi connectivity index (χ2v) is 8.90. The van der Waals surface area contributed by atoms with E-state index in [0.717, 1.165) is 31.4 Å². The Morgan fingerprint density at radius 1 is 1.06 bits per heavy atom. The minimum absolute atomic E-state index is 0.0359. The van der Waals surface area contributed by atoms with E-state index in [4.69, 9.17) is 9.47 Å². The molecule has 1 N–H and O–H groups in total. The first-order valence-electron chi connectivity index (χ1n) is 9.72. The normalized spacial score (nSPS) is 14.6. The molecule has 0 spiro atoms. The molecule has 1 aliphatic heterocycles. The maximum Gasteiger partial charge on any atom is 0.338 e. The summed E-state index contributed by atoms with van der Waals surface area (Å²) >= 11 is 0. The lowest BCUT2D eigenvalue weighted by Gasteiger charge is -2.26. The predicted octanol–water partition coefficient (Wildman–Crippen LogP) is 2.80. The van der Waals surface area contributed by atoms with E-state index in [2.05, 4.69) is 5.32 Å². The number of benzene rings is 2. The van der Waals surface area contributed by atoms with Crippen LogP contribution in [0.4, 0.5) is 10.1 Å². The molecule has 0 atom stereocenters. The molecule has 166 valence electrons. The summed E-state index contributed by atoms with van der Waals surface area (Å²) in [5, 5.41) is 2.51. The highest BCUT2D eigenvalue weighted by Gasteiger charge is 2.27. The number of carbonyl (C=O) groups excluding carboxylic acids is 2. The monoisotopic (exact) mass is 450 g/mol. The Balaban J connectivity index is 1.69. The highest BCUT2D eigenvalue weighted by Crippen LogP contribution is 2.30. The Hall–Kier alpha value is -2.98. The number of carbonyl (C=O) groups is 2. The zero-order valence-corrected chi connectivity index (χ0v) is 17.8. The summed E-state index contributed by atoms with van der Waals surface area (Å²) in [7, 11) is -2.31. The van der Waals surface area contributed by atoms with Gasteiger partial charge in [-0.25, -0.2) is 17.6 Å². The summed E-state index contributed by atoms with van der Waals surface area (Å²) in [5.74, 6) is -1.71. The summed E-state index contributed by atoms with van der Waals surface area (Å²) < 4.78 is 50.3. The lowest BCUT2D eigenvalue weighted by molar-refractivity contribution is -0.119. The first-order valence-corrected chi connectivity index (χ1v) is 11.2. The third-order valence-corrected chi connectivity index (χ3v) is 6.71. The molecule has 0 aromatic heterocycles. The van der Waals surface area contributed by atoms with Gasteiger partial charge in [-0.05, 0) is 55.3 Å². The number of nitrogens with zero attached hydrogens (tertiary/aromatic N) is 1. The first-order chi connectivity index (χ1) is 14.8. The molecule has 2 aromatic carbocycles. The highest BCUT2D eigenvalue weighted by atomic mass is 32.2. The predicted molar refractivity (Wildman–Crippen MR) is 111 cm³/mol. The van der Waals surface area contributed by atoms with Gasteiger partial charge in [-0.2, -0.15) is 4.31 Å². The molecule has 0 bridgehead atoms. The average Bonchev–Trinajstić information content (AvgIpc) is 2.78. The zero-order chi connectivity index (χ0) is 22.4. The summed E-state index contributed by atoms with van der Waals surface area (Å²) in [6.45, 7) is 0.299. The average molecular weight is 450 g/mol. The van der Waals surface area contributed by atoms with Crippen molar-refractivity contribution in [2.45, 2.75) is 24.2 Å². The fraction of sp³-hybridized carbons (Fsp3) is 0.333. The quantitative estimate of drug-likeness (QED) is 0.651. The molecule has 0 aliphatic carbocycles. The van der Waals surface area contributed by atoms with Crippen LogP contribution in [0.5, 0.6) is 5.75 Å². The number of halogens is 1. The first kappa shape index (κ1) is 22.7. The lowest BCUT2D eigenvalue weighted by atomic mass is 10.2. The molecule has 31 heavy (non-hydrogen) atoms. The molecular weight excluding hydrogens is 427 g/mol. The smallest absolute Gasteiger partial charge is 0.338 e. The highest BCUT2D eigenvalue weighted by molar-refractivity contribution is 7.89. The molecule has 0 saturated carbocycles. The second kappa shape index (κ2) is 9.88. The largest absolute Gasteiger partial charge is 0.495 e. The van der Waals surface area contributed by atoms with Crippen molar-refractivity contribution in [2.75, 3.05) is 32.1 Å². The maximum absolute atomic E-state index is 12.9. The number of hydrogen-bond donors (Lipinski definition) is 1. The van der Waals surface area contributed by atoms with Crippen LogP contribution in [0.3, 0.4) is 0 Å². The Morgan fingerprint density at radius 3 is 2.39 bits per heavy atom. The molecule has 1 heterocycles. The van der Waals surface area contributed by atoms with Crippen molar-refractivity contribution >= 4 is 27.6 Å². The number of amides is 1. The van der Waals surface area contributed by atoms with Crippen molar-refractivity contribution in [1.29, 1.82) is 0 Å². The van der Waals surface area contributed by atoms with Crippen LogP contribution in [0.2, 0.25) is 0 Å². The number of sulfonamides is 1. The fourth-order valence-electron chi connectivity index (χ4n) is 3.19. The van der Waals surface area contributed by atoms with Gasteiger partial charge in [0.2, 0.25) is 10.0 Å². The van der Waals surface area contributed by atoms with Gasteiger partial charge >= 0.3 is 5.97 Å². The zero-order valence-electron chi connectivity index (χ0n) is 17.0. The molecule has 1 aliphatic rings. The number of nitrogens with one attached hydrogen (secondary N) is 1. The molecule has 1 fully saturated rings. The number of esters is 1. The summed E-state index contributed by atoms with van der Waals surface area (Å²) in [6, 6.07) is 8.90. The van der Waals surface area contributed by atoms with Gasteiger partial charge in [-0.3, -0.25) is 4.79 Å². The standard InChI is InChI=1S/C21H23FN2O6S/c1-29-19-10-9-17(31(27,28)24-11-3-2-4-12-24)13-18(19)23-20(25)14-30-21(26)15-5-7-16(22)8-6-15/h5-10,13H,2-4,11-12,14H2,1H3,(H,23,25). The molecule has 0 unspecified atom stereocenters. The van der Waals surface area contributed by atoms with Gasteiger partial charge in [-0.1, -0.05) is 6.42 Å². The van der Waals surface area contributed by atoms with E-state index >= 15 is 0 Å². The van der Waals surface area contributed by atoms with Crippen LogP contribution in [0.25, 0.3) is 0 Å². The molecule has 10 heteroatoms. The summed E-state index contributed by atoms with van der Waals surface area (Å²) in [5.41, 5.74) is 0.241. The van der Waals surface area contributed by atoms with Gasteiger partial charge in [0.15, 0.2) is 6.61 Å². The fourth-order valence-corrected chi connectivity index (χ4v) is 4.73. The van der Waals surface area contributed by atoms with Crippen LogP contribution < -0.4 is 10.1 Å². The van der Waals surface area contributed by atoms with Crippen LogP contribution in [0.1, 0.15) is 29.6 Å². The number of piperidine rings is 1. The summed E-state index contributed by atoms with van der Waals surface area (Å²) in [4.78, 5) is 24.3. The topological polar surface area (TPSA) is 102 Å². The third-order valence-electron chi connectivity index (χ3n) is 4.81. The van der Waals surface area contributed by atoms with Crippen molar-refractivity contribution in [3.05, 3.63) is 53.8 Å². The van der Waals surface area contributed by atoms with Crippen LogP contribution >= 0.6 is 0 Å². The van der Waals surface area contributed by atoms with Crippen molar-refractivity contribution in [2.24, 2.45) is 0 Å². The minimum atomic E-state index is -3.70. The number of hydrogen-bond acceptors (Lipinski definition) is 6. The summed E-state index contributed by atoms with van der Waals surface area (Å²) in [6.07, 6.45) is 2.60. The maximum atomic E-state index is 12.9. The van der Waals surface area contributed by atoms with Gasteiger partial charge in [0, 0.05) is 13.1 Å². The molecule has 8 nitrogen and oxygen atoms in total. The van der Waals surface area contributed by atoms with Crippen molar-refractivity contribution < 1.29 is 31.9 Å². The van der Waals surface area contributed by atoms with E-state index in [9.17, 15) is 22.4 Å². The second-order valence-electron chi connectivity index (χ2n) is 6.96. The number of ether oxygens (including phenoxy) is 2. The third kappa shape index (κ3) is 5.59. The molecule has 1 saturated heterocycles. The van der Waals surface area contributed by atoms with Crippen LogP contribution in [0, 0.1) is 5.82 Å². The Morgan fingerprint density at radius 2 is 1.74 bits per heavy atom. The van der Waals surface area contributed by atoms with Gasteiger partial charge in [0.05, 0.1) is 23.3 Å². The van der Waals surface area contributed by atoms with Crippen molar-refractivity contribution in [3.8, 4) is 5.75 Å². The van der Waals surface area contributed by atoms with Gasteiger partial charge in [-0.15, -0.1) is 0 Å². The minimum Gasteiger partial charge on any atom is -0.495 e. The van der Waals surface area contributed by atoms with E-state index in [1.807, 2.05) is 0 Å². The van der Waals surface area contributed by atoms with E-state index in [-0.39, 0.29) is 21.9 Å². The Kier molecular flexibility index (Phi) is 7.24. The van der Waals surface area contributed by atoms with Crippen LogP contribution in [0.15, 0.2) is 47.4 Å². The molecule has 1 amide bonds. The van der Waals surface area contributed by atoms with E-state index in [1.165, 1.54) is 41.7 Å². The van der Waals surface area contributed by atoms with Crippen LogP contribution in [-0.4, -0.2) is 51.4 Å². The Labute approximate surface area is 180 Å². The van der Waals surface area contributed by atoms with Crippen molar-refractivity contribution in [3.63, 3.8) is 0 Å². The Bertz CT molecular complexity index is 1050. The molecular formula is C21H23FN2O6S. The molecule has 2 aromatic rings. The molecule has 3 rings (SSSR count). The van der Waals surface area contributed by atoms with Crippen LogP contribution in [-0.2, 0) is 19.6 Å². The number of anilines is 1. The van der Waals surface area contributed by atoms with Gasteiger partial charge in [0.1, 0.15) is 11.6 Å². The van der Waals surface area contributed by atoms with E-state index in [0.29, 0.717) is 13.1 Å². The molecule has 0 radical (unpaired) electrons. The van der Waals surface area contributed by atoms with E-state index < -0.39 is 34.3 Å². The number of methoxy groups -OCH3 is 1. The number of rotatable bonds is 7. The van der Waals surface area contributed by atoms with Gasteiger partial charge in [0.25, 0.3) is 5.91 Å².